The highest BCUT2D eigenvalue weighted by atomic mass is 127. The van der Waals surface area contributed by atoms with Gasteiger partial charge >= 0.3 is 0 Å². The zero-order valence-electron chi connectivity index (χ0n) is 15.0. The number of aryl methyl sites for hydroxylation is 1. The smallest absolute Gasteiger partial charge is 0.191 e. The molecule has 0 spiro atoms. The zero-order chi connectivity index (χ0) is 17.5. The van der Waals surface area contributed by atoms with E-state index in [9.17, 15) is 8.42 Å². The molecule has 0 saturated heterocycles. The number of nitrogens with one attached hydrogen (secondary N) is 2. The molecule has 1 aromatic heterocycles. The lowest BCUT2D eigenvalue weighted by molar-refractivity contribution is 0.560. The SMILES string of the molecule is CCNC(=NCCS(=O)(=O)C(C)(C)C)NCCc1ncc(C)s1.I. The molecule has 0 saturated carbocycles. The van der Waals surface area contributed by atoms with Gasteiger partial charge in [-0.2, -0.15) is 0 Å². The molecular formula is C15H29IN4O2S2. The molecule has 9 heteroatoms. The molecule has 0 aliphatic heterocycles. The number of hydrogen-bond acceptors (Lipinski definition) is 5. The van der Waals surface area contributed by atoms with E-state index in [0.29, 0.717) is 12.5 Å². The summed E-state index contributed by atoms with van der Waals surface area (Å²) in [4.78, 5) is 9.87. The second-order valence-corrected chi connectivity index (χ2v) is 10.4. The van der Waals surface area contributed by atoms with Crippen LogP contribution >= 0.6 is 35.3 Å². The predicted octanol–water partition coefficient (Wildman–Crippen LogP) is 2.38. The number of halogens is 1. The molecule has 0 fully saturated rings. The molecule has 1 heterocycles. The van der Waals surface area contributed by atoms with Crippen molar-refractivity contribution < 1.29 is 8.42 Å². The third kappa shape index (κ3) is 8.11. The molecule has 0 bridgehead atoms. The summed E-state index contributed by atoms with van der Waals surface area (Å²) in [6.07, 6.45) is 2.69. The Morgan fingerprint density at radius 2 is 2.00 bits per heavy atom. The van der Waals surface area contributed by atoms with Gasteiger partial charge < -0.3 is 10.6 Å². The van der Waals surface area contributed by atoms with E-state index in [2.05, 4.69) is 20.6 Å². The molecule has 0 radical (unpaired) electrons. The van der Waals surface area contributed by atoms with Crippen LogP contribution in [0.15, 0.2) is 11.2 Å². The van der Waals surface area contributed by atoms with E-state index in [1.807, 2.05) is 20.0 Å². The molecule has 0 unspecified atom stereocenters. The Labute approximate surface area is 166 Å². The average molecular weight is 488 g/mol. The fourth-order valence-corrected chi connectivity index (χ4v) is 3.46. The van der Waals surface area contributed by atoms with Crippen LogP contribution in [0.4, 0.5) is 0 Å². The minimum Gasteiger partial charge on any atom is -0.357 e. The minimum absolute atomic E-state index is 0. The number of aliphatic imine (C=N–C) groups is 1. The van der Waals surface area contributed by atoms with Crippen molar-refractivity contribution >= 4 is 51.1 Å². The van der Waals surface area contributed by atoms with Crippen molar-refractivity contribution in [3.63, 3.8) is 0 Å². The third-order valence-corrected chi connectivity index (χ3v) is 6.77. The number of aromatic nitrogens is 1. The average Bonchev–Trinajstić information content (AvgIpc) is 2.83. The molecule has 140 valence electrons. The van der Waals surface area contributed by atoms with Gasteiger partial charge in [-0.15, -0.1) is 35.3 Å². The van der Waals surface area contributed by atoms with Gasteiger partial charge in [0.2, 0.25) is 0 Å². The Hall–Kier alpha value is -0.420. The van der Waals surface area contributed by atoms with Crippen molar-refractivity contribution in [3.05, 3.63) is 16.1 Å². The number of guanidine groups is 1. The number of hydrogen-bond donors (Lipinski definition) is 2. The van der Waals surface area contributed by atoms with Crippen LogP contribution in [-0.4, -0.2) is 49.5 Å². The van der Waals surface area contributed by atoms with Crippen molar-refractivity contribution in [1.82, 2.24) is 15.6 Å². The van der Waals surface area contributed by atoms with E-state index in [1.165, 1.54) is 4.88 Å². The summed E-state index contributed by atoms with van der Waals surface area (Å²) in [6, 6.07) is 0. The monoisotopic (exact) mass is 488 g/mol. The van der Waals surface area contributed by atoms with Gasteiger partial charge in [0.15, 0.2) is 15.8 Å². The molecule has 24 heavy (non-hydrogen) atoms. The summed E-state index contributed by atoms with van der Waals surface area (Å²) >= 11 is 1.69. The van der Waals surface area contributed by atoms with Crippen LogP contribution in [0.1, 0.15) is 37.6 Å². The molecule has 1 aromatic rings. The Morgan fingerprint density at radius 3 is 2.50 bits per heavy atom. The van der Waals surface area contributed by atoms with Gasteiger partial charge in [-0.25, -0.2) is 13.4 Å². The minimum atomic E-state index is -3.14. The number of thiazole rings is 1. The first-order valence-corrected chi connectivity index (χ1v) is 10.3. The maximum Gasteiger partial charge on any atom is 0.191 e. The second-order valence-electron chi connectivity index (χ2n) is 6.23. The first kappa shape index (κ1) is 23.6. The van der Waals surface area contributed by atoms with E-state index in [0.717, 1.165) is 18.0 Å². The van der Waals surface area contributed by atoms with Crippen LogP contribution in [0.5, 0.6) is 0 Å². The molecule has 0 aliphatic carbocycles. The molecule has 0 aromatic carbocycles. The molecule has 0 aliphatic rings. The highest BCUT2D eigenvalue weighted by Gasteiger charge is 2.28. The van der Waals surface area contributed by atoms with Gasteiger partial charge in [0.1, 0.15) is 0 Å². The molecule has 0 atom stereocenters. The summed E-state index contributed by atoms with van der Waals surface area (Å²) in [5, 5.41) is 7.42. The summed E-state index contributed by atoms with van der Waals surface area (Å²) < 4.78 is 23.4. The van der Waals surface area contributed by atoms with Crippen molar-refractivity contribution in [1.29, 1.82) is 0 Å². The van der Waals surface area contributed by atoms with Crippen LogP contribution < -0.4 is 10.6 Å². The molecule has 6 nitrogen and oxygen atoms in total. The van der Waals surface area contributed by atoms with Gasteiger partial charge in [0.25, 0.3) is 0 Å². The van der Waals surface area contributed by atoms with Crippen LogP contribution in [-0.2, 0) is 16.3 Å². The molecular weight excluding hydrogens is 459 g/mol. The first-order chi connectivity index (χ1) is 10.7. The van der Waals surface area contributed by atoms with E-state index < -0.39 is 14.6 Å². The van der Waals surface area contributed by atoms with Crippen molar-refractivity contribution in [3.8, 4) is 0 Å². The maximum absolute atomic E-state index is 12.1. The van der Waals surface area contributed by atoms with Crippen molar-refractivity contribution in [2.75, 3.05) is 25.4 Å². The van der Waals surface area contributed by atoms with E-state index >= 15 is 0 Å². The molecule has 1 rings (SSSR count). The predicted molar refractivity (Wildman–Crippen MR) is 113 cm³/mol. The van der Waals surface area contributed by atoms with Crippen LogP contribution in [0.2, 0.25) is 0 Å². The van der Waals surface area contributed by atoms with Crippen LogP contribution in [0, 0.1) is 6.92 Å². The second kappa shape index (κ2) is 10.5. The zero-order valence-corrected chi connectivity index (χ0v) is 19.0. The van der Waals surface area contributed by atoms with Gasteiger partial charge in [0, 0.05) is 30.6 Å². The summed E-state index contributed by atoms with van der Waals surface area (Å²) in [7, 11) is -3.14. The lowest BCUT2D eigenvalue weighted by atomic mass is 10.3. The maximum atomic E-state index is 12.1. The normalized spacial score (nSPS) is 12.6. The topological polar surface area (TPSA) is 83.5 Å². The van der Waals surface area contributed by atoms with E-state index in [-0.39, 0.29) is 36.3 Å². The van der Waals surface area contributed by atoms with Gasteiger partial charge in [-0.1, -0.05) is 0 Å². The Bertz CT molecular complexity index is 622. The van der Waals surface area contributed by atoms with E-state index in [1.54, 1.807) is 32.1 Å². The first-order valence-electron chi connectivity index (χ1n) is 7.81. The fourth-order valence-electron chi connectivity index (χ4n) is 1.73. The number of rotatable bonds is 7. The quantitative estimate of drug-likeness (QED) is 0.350. The molecule has 0 amide bonds. The standard InChI is InChI=1S/C15H28N4O2S2.HI/c1-6-16-14(17-8-7-13-19-11-12(2)22-13)18-9-10-23(20,21)15(3,4)5;/h11H,6-10H2,1-5H3,(H2,16,17,18);1H. The van der Waals surface area contributed by atoms with Gasteiger partial charge in [-0.05, 0) is 34.6 Å². The van der Waals surface area contributed by atoms with Crippen LogP contribution in [0.25, 0.3) is 0 Å². The van der Waals surface area contributed by atoms with E-state index in [4.69, 9.17) is 0 Å². The Kier molecular flexibility index (Phi) is 10.4. The van der Waals surface area contributed by atoms with Crippen molar-refractivity contribution in [2.45, 2.75) is 45.8 Å². The highest BCUT2D eigenvalue weighted by Crippen LogP contribution is 2.15. The summed E-state index contributed by atoms with van der Waals surface area (Å²) in [5.41, 5.74) is 0. The number of nitrogens with zero attached hydrogens (tertiary/aromatic N) is 2. The lowest BCUT2D eigenvalue weighted by Gasteiger charge is -2.18. The number of sulfone groups is 1. The highest BCUT2D eigenvalue weighted by molar-refractivity contribution is 14.0. The summed E-state index contributed by atoms with van der Waals surface area (Å²) in [6.45, 7) is 10.9. The Balaban J connectivity index is 0.00000529. The Morgan fingerprint density at radius 1 is 1.33 bits per heavy atom. The summed E-state index contributed by atoms with van der Waals surface area (Å²) in [5.74, 6) is 0.698. The largest absolute Gasteiger partial charge is 0.357 e. The van der Waals surface area contributed by atoms with Gasteiger partial charge in [-0.3, -0.25) is 4.99 Å². The van der Waals surface area contributed by atoms with Crippen molar-refractivity contribution in [2.24, 2.45) is 4.99 Å². The fraction of sp³-hybridized carbons (Fsp3) is 0.733. The lowest BCUT2D eigenvalue weighted by Crippen LogP contribution is -2.39. The third-order valence-electron chi connectivity index (χ3n) is 3.21. The van der Waals surface area contributed by atoms with Gasteiger partial charge in [0.05, 0.1) is 22.1 Å². The molecule has 2 N–H and O–H groups in total. The van der Waals surface area contributed by atoms with Crippen LogP contribution in [0.3, 0.4) is 0 Å².